The first kappa shape index (κ1) is 21.4. The fraction of sp³-hybridized carbons (Fsp3) is 0.458. The summed E-state index contributed by atoms with van der Waals surface area (Å²) in [5, 5.41) is 4.10. The Morgan fingerprint density at radius 2 is 1.94 bits per heavy atom. The molecular weight excluding hydrogens is 418 g/mol. The predicted molar refractivity (Wildman–Crippen MR) is 125 cm³/mol. The zero-order valence-corrected chi connectivity index (χ0v) is 19.3. The van der Waals surface area contributed by atoms with E-state index in [1.807, 2.05) is 23.1 Å². The molecule has 0 unspecified atom stereocenters. The Morgan fingerprint density at radius 1 is 1.15 bits per heavy atom. The third-order valence-electron chi connectivity index (χ3n) is 6.62. The molecule has 5 rings (SSSR count). The zero-order chi connectivity index (χ0) is 23.1. The Balaban J connectivity index is 1.47. The summed E-state index contributed by atoms with van der Waals surface area (Å²) in [5.41, 5.74) is 3.50. The van der Waals surface area contributed by atoms with Gasteiger partial charge in [0, 0.05) is 63.8 Å². The van der Waals surface area contributed by atoms with Gasteiger partial charge in [-0.25, -0.2) is 9.97 Å². The molecule has 0 radical (unpaired) electrons. The number of fused-ring (bicyclic) bond motifs is 2. The van der Waals surface area contributed by atoms with E-state index in [4.69, 9.17) is 9.97 Å². The van der Waals surface area contributed by atoms with Gasteiger partial charge in [-0.05, 0) is 30.5 Å². The van der Waals surface area contributed by atoms with E-state index in [0.717, 1.165) is 54.4 Å². The van der Waals surface area contributed by atoms with Gasteiger partial charge in [0.1, 0.15) is 17.2 Å². The lowest BCUT2D eigenvalue weighted by Crippen LogP contribution is -2.34. The number of rotatable bonds is 4. The van der Waals surface area contributed by atoms with Crippen LogP contribution >= 0.6 is 0 Å². The van der Waals surface area contributed by atoms with Crippen molar-refractivity contribution >= 4 is 34.6 Å². The maximum Gasteiger partial charge on any atom is 0.270 e. The molecule has 2 amide bonds. The molecule has 1 N–H and O–H groups in total. The first-order valence-electron chi connectivity index (χ1n) is 11.5. The van der Waals surface area contributed by atoms with Gasteiger partial charge in [-0.2, -0.15) is 4.98 Å². The highest BCUT2D eigenvalue weighted by atomic mass is 16.2. The van der Waals surface area contributed by atoms with Crippen LogP contribution in [0, 0.1) is 0 Å². The molecule has 3 aromatic heterocycles. The summed E-state index contributed by atoms with van der Waals surface area (Å²) >= 11 is 0. The van der Waals surface area contributed by atoms with Crippen molar-refractivity contribution in [2.24, 2.45) is 0 Å². The van der Waals surface area contributed by atoms with Crippen molar-refractivity contribution in [1.29, 1.82) is 0 Å². The van der Waals surface area contributed by atoms with Crippen LogP contribution in [0.2, 0.25) is 0 Å². The van der Waals surface area contributed by atoms with Crippen LogP contribution in [0.5, 0.6) is 0 Å². The molecule has 1 saturated carbocycles. The summed E-state index contributed by atoms with van der Waals surface area (Å²) in [7, 11) is 3.55. The molecule has 3 aromatic rings. The molecule has 2 aliphatic rings. The van der Waals surface area contributed by atoms with Crippen molar-refractivity contribution in [3.63, 3.8) is 0 Å². The molecule has 0 spiro atoms. The Kier molecular flexibility index (Phi) is 5.47. The van der Waals surface area contributed by atoms with E-state index in [1.165, 1.54) is 0 Å². The normalized spacial score (nSPS) is 16.2. The number of hydrogen-bond acceptors (Lipinski definition) is 6. The molecule has 33 heavy (non-hydrogen) atoms. The van der Waals surface area contributed by atoms with Gasteiger partial charge < -0.3 is 19.7 Å². The minimum absolute atomic E-state index is 0.0228. The van der Waals surface area contributed by atoms with Gasteiger partial charge in [0.05, 0.1) is 0 Å². The van der Waals surface area contributed by atoms with Crippen LogP contribution in [-0.4, -0.2) is 61.8 Å². The van der Waals surface area contributed by atoms with E-state index in [0.29, 0.717) is 30.5 Å². The van der Waals surface area contributed by atoms with Gasteiger partial charge in [0.2, 0.25) is 11.9 Å². The topological polar surface area (TPSA) is 96.2 Å². The van der Waals surface area contributed by atoms with E-state index in [-0.39, 0.29) is 17.9 Å². The van der Waals surface area contributed by atoms with Crippen molar-refractivity contribution in [2.75, 3.05) is 26.0 Å². The van der Waals surface area contributed by atoms with Crippen molar-refractivity contribution in [3.05, 3.63) is 41.3 Å². The summed E-state index contributed by atoms with van der Waals surface area (Å²) < 4.78 is 2.11. The van der Waals surface area contributed by atoms with Crippen molar-refractivity contribution in [1.82, 2.24) is 29.3 Å². The number of amides is 2. The van der Waals surface area contributed by atoms with E-state index < -0.39 is 0 Å². The number of aromatic nitrogens is 4. The van der Waals surface area contributed by atoms with Crippen molar-refractivity contribution in [3.8, 4) is 0 Å². The molecule has 4 heterocycles. The monoisotopic (exact) mass is 447 g/mol. The van der Waals surface area contributed by atoms with Crippen LogP contribution in [0.1, 0.15) is 60.4 Å². The second-order valence-electron chi connectivity index (χ2n) is 9.13. The van der Waals surface area contributed by atoms with Crippen LogP contribution in [0.15, 0.2) is 24.4 Å². The summed E-state index contributed by atoms with van der Waals surface area (Å²) in [6.07, 6.45) is 6.92. The maximum atomic E-state index is 12.9. The fourth-order valence-corrected chi connectivity index (χ4v) is 4.86. The lowest BCUT2D eigenvalue weighted by atomic mass is 10.1. The summed E-state index contributed by atoms with van der Waals surface area (Å²) in [6, 6.07) is 6.08. The van der Waals surface area contributed by atoms with E-state index in [9.17, 15) is 9.59 Å². The predicted octanol–water partition coefficient (Wildman–Crippen LogP) is 3.29. The van der Waals surface area contributed by atoms with Crippen LogP contribution in [-0.2, 0) is 17.8 Å². The number of nitrogens with one attached hydrogen (secondary N) is 1. The van der Waals surface area contributed by atoms with Gasteiger partial charge >= 0.3 is 0 Å². The van der Waals surface area contributed by atoms with Gasteiger partial charge in [-0.1, -0.05) is 18.9 Å². The molecule has 1 aliphatic heterocycles. The highest BCUT2D eigenvalue weighted by Crippen LogP contribution is 2.35. The van der Waals surface area contributed by atoms with Gasteiger partial charge in [-0.3, -0.25) is 9.59 Å². The number of anilines is 2. The quantitative estimate of drug-likeness (QED) is 0.659. The summed E-state index contributed by atoms with van der Waals surface area (Å²) in [6.45, 7) is 2.87. The van der Waals surface area contributed by atoms with Crippen LogP contribution in [0.25, 0.3) is 11.0 Å². The molecular formula is C24H29N7O2. The molecule has 9 nitrogen and oxygen atoms in total. The Labute approximate surface area is 192 Å². The SMILES string of the molecule is CC(=O)N1CCc2nc(Nc3ncc4cc(C(=O)N(C)C)n(C5CCCC5)c4n3)ccc2C1. The number of pyridine rings is 1. The number of carbonyl (C=O) groups is 2. The molecule has 0 bridgehead atoms. The number of nitrogens with zero attached hydrogens (tertiary/aromatic N) is 6. The van der Waals surface area contributed by atoms with Gasteiger partial charge in [0.15, 0.2) is 0 Å². The molecule has 0 aromatic carbocycles. The second-order valence-corrected chi connectivity index (χ2v) is 9.13. The average Bonchev–Trinajstić information content (AvgIpc) is 3.45. The van der Waals surface area contributed by atoms with Gasteiger partial charge in [0.25, 0.3) is 5.91 Å². The Bertz CT molecular complexity index is 1230. The number of hydrogen-bond donors (Lipinski definition) is 1. The molecule has 9 heteroatoms. The Hall–Kier alpha value is -3.49. The van der Waals surface area contributed by atoms with Gasteiger partial charge in [-0.15, -0.1) is 0 Å². The van der Waals surface area contributed by atoms with Crippen LogP contribution < -0.4 is 5.32 Å². The maximum absolute atomic E-state index is 12.9. The third-order valence-corrected chi connectivity index (χ3v) is 6.62. The van der Waals surface area contributed by atoms with E-state index in [1.54, 1.807) is 32.1 Å². The second kappa shape index (κ2) is 8.46. The lowest BCUT2D eigenvalue weighted by molar-refractivity contribution is -0.129. The van der Waals surface area contributed by atoms with Crippen molar-refractivity contribution in [2.45, 2.75) is 51.6 Å². The Morgan fingerprint density at radius 3 is 2.67 bits per heavy atom. The standard InChI is InChI=1S/C24H29N7O2/c1-15(32)30-11-10-19-16(14-30)8-9-21(26-19)27-24-25-13-17-12-20(23(33)29(2)3)31(22(17)28-24)18-6-4-5-7-18/h8-9,12-13,18H,4-7,10-11,14H2,1-3H3,(H,25,26,27,28). The molecule has 1 aliphatic carbocycles. The van der Waals surface area contributed by atoms with E-state index in [2.05, 4.69) is 14.9 Å². The van der Waals surface area contributed by atoms with Crippen molar-refractivity contribution < 1.29 is 9.59 Å². The average molecular weight is 448 g/mol. The smallest absolute Gasteiger partial charge is 0.270 e. The zero-order valence-electron chi connectivity index (χ0n) is 19.3. The van der Waals surface area contributed by atoms with Crippen LogP contribution in [0.3, 0.4) is 0 Å². The summed E-state index contributed by atoms with van der Waals surface area (Å²) in [5.74, 6) is 1.19. The highest BCUT2D eigenvalue weighted by Gasteiger charge is 2.26. The minimum Gasteiger partial charge on any atom is -0.343 e. The number of carbonyl (C=O) groups excluding carboxylic acids is 2. The van der Waals surface area contributed by atoms with Crippen LogP contribution in [0.4, 0.5) is 11.8 Å². The highest BCUT2D eigenvalue weighted by molar-refractivity contribution is 5.97. The lowest BCUT2D eigenvalue weighted by Gasteiger charge is -2.27. The largest absolute Gasteiger partial charge is 0.343 e. The minimum atomic E-state index is -0.0228. The fourth-order valence-electron chi connectivity index (χ4n) is 4.86. The van der Waals surface area contributed by atoms with E-state index >= 15 is 0 Å². The summed E-state index contributed by atoms with van der Waals surface area (Å²) in [4.78, 5) is 42.0. The molecule has 0 saturated heterocycles. The molecule has 1 fully saturated rings. The first-order chi connectivity index (χ1) is 15.9. The third kappa shape index (κ3) is 4.03. The molecule has 0 atom stereocenters. The molecule has 172 valence electrons. The first-order valence-corrected chi connectivity index (χ1v) is 11.5.